The smallest absolute Gasteiger partial charge is 0.256 e. The number of rotatable bonds is 8. The number of nitrogens with zero attached hydrogens (tertiary/aromatic N) is 2. The van der Waals surface area contributed by atoms with Crippen LogP contribution in [-0.2, 0) is 21.4 Å². The standard InChI is InChI=1S/C6H8BrNO3.C6H9NO4/c1-9-4-10-6-2-5(3-7)11-8-6;1-9-4-10-6-2-5(3-8)11-7-6/h2H,3-4H2,1H3;2,8H,3-4H2,1H3. The van der Waals surface area contributed by atoms with Gasteiger partial charge in [-0.1, -0.05) is 15.9 Å². The van der Waals surface area contributed by atoms with E-state index in [0.717, 1.165) is 5.76 Å². The van der Waals surface area contributed by atoms with Crippen LogP contribution in [0.3, 0.4) is 0 Å². The van der Waals surface area contributed by atoms with Crippen LogP contribution in [-0.4, -0.2) is 43.2 Å². The molecule has 0 aliphatic heterocycles. The maximum atomic E-state index is 8.56. The molecule has 0 spiro atoms. The van der Waals surface area contributed by atoms with Gasteiger partial charge in [-0.15, -0.1) is 0 Å². The SMILES string of the molecule is COCOc1cc(CBr)on1.COCOc1cc(CO)on1. The summed E-state index contributed by atoms with van der Waals surface area (Å²) in [4.78, 5) is 0. The summed E-state index contributed by atoms with van der Waals surface area (Å²) in [5.74, 6) is 1.87. The van der Waals surface area contributed by atoms with Crippen LogP contribution in [0.25, 0.3) is 0 Å². The quantitative estimate of drug-likeness (QED) is 0.540. The minimum absolute atomic E-state index is 0.122. The van der Waals surface area contributed by atoms with Crippen molar-refractivity contribution in [2.24, 2.45) is 0 Å². The molecule has 0 aromatic carbocycles. The Labute approximate surface area is 135 Å². The van der Waals surface area contributed by atoms with Crippen LogP contribution in [0.15, 0.2) is 21.2 Å². The third-order valence-corrected chi connectivity index (χ3v) is 2.56. The molecule has 0 saturated carbocycles. The van der Waals surface area contributed by atoms with Gasteiger partial charge >= 0.3 is 0 Å². The van der Waals surface area contributed by atoms with E-state index in [-0.39, 0.29) is 20.2 Å². The maximum Gasteiger partial charge on any atom is 0.256 e. The first kappa shape index (κ1) is 18.4. The van der Waals surface area contributed by atoms with Gasteiger partial charge in [0, 0.05) is 26.4 Å². The van der Waals surface area contributed by atoms with E-state index in [1.165, 1.54) is 13.2 Å². The molecule has 0 amide bonds. The van der Waals surface area contributed by atoms with Crippen LogP contribution in [0, 0.1) is 0 Å². The summed E-state index contributed by atoms with van der Waals surface area (Å²) < 4.78 is 28.6. The maximum absolute atomic E-state index is 8.56. The molecule has 0 saturated heterocycles. The summed E-state index contributed by atoms with van der Waals surface area (Å²) in [6.07, 6.45) is 0. The molecule has 10 heteroatoms. The van der Waals surface area contributed by atoms with Gasteiger partial charge in [0.1, 0.15) is 6.61 Å². The Hall–Kier alpha value is -1.62. The predicted molar refractivity (Wildman–Crippen MR) is 76.6 cm³/mol. The summed E-state index contributed by atoms with van der Waals surface area (Å²) in [6, 6.07) is 3.20. The number of aliphatic hydroxyl groups excluding tert-OH is 1. The highest BCUT2D eigenvalue weighted by atomic mass is 79.9. The summed E-state index contributed by atoms with van der Waals surface area (Å²) in [7, 11) is 3.05. The lowest BCUT2D eigenvalue weighted by atomic mass is 10.5. The fourth-order valence-corrected chi connectivity index (χ4v) is 1.36. The van der Waals surface area contributed by atoms with Crippen LogP contribution in [0.4, 0.5) is 0 Å². The molecular formula is C12H17BrN2O7. The van der Waals surface area contributed by atoms with E-state index >= 15 is 0 Å². The predicted octanol–water partition coefficient (Wildman–Crippen LogP) is 1.70. The minimum atomic E-state index is -0.177. The van der Waals surface area contributed by atoms with E-state index in [1.54, 1.807) is 13.2 Å². The highest BCUT2D eigenvalue weighted by molar-refractivity contribution is 9.08. The van der Waals surface area contributed by atoms with E-state index < -0.39 is 0 Å². The Morgan fingerprint density at radius 3 is 1.86 bits per heavy atom. The molecule has 0 fully saturated rings. The average molecular weight is 381 g/mol. The first-order chi connectivity index (χ1) is 10.7. The van der Waals surface area contributed by atoms with E-state index in [2.05, 4.69) is 40.2 Å². The molecule has 0 bridgehead atoms. The van der Waals surface area contributed by atoms with Crippen LogP contribution in [0.5, 0.6) is 11.8 Å². The normalized spacial score (nSPS) is 10.0. The summed E-state index contributed by atoms with van der Waals surface area (Å²) in [5.41, 5.74) is 0. The Morgan fingerprint density at radius 2 is 1.50 bits per heavy atom. The van der Waals surface area contributed by atoms with Gasteiger partial charge in [0.05, 0.1) is 5.33 Å². The van der Waals surface area contributed by atoms with Gasteiger partial charge in [-0.2, -0.15) is 0 Å². The largest absolute Gasteiger partial charge is 0.448 e. The number of halogens is 1. The Balaban J connectivity index is 0.000000220. The lowest BCUT2D eigenvalue weighted by molar-refractivity contribution is 0.0451. The molecule has 0 radical (unpaired) electrons. The molecule has 2 rings (SSSR count). The second-order valence-electron chi connectivity index (χ2n) is 3.66. The number of aromatic nitrogens is 2. The van der Waals surface area contributed by atoms with Crippen LogP contribution in [0.1, 0.15) is 11.5 Å². The highest BCUT2D eigenvalue weighted by Gasteiger charge is 2.02. The van der Waals surface area contributed by atoms with Gasteiger partial charge in [-0.3, -0.25) is 0 Å². The first-order valence-electron chi connectivity index (χ1n) is 6.05. The van der Waals surface area contributed by atoms with Gasteiger partial charge in [0.2, 0.25) is 0 Å². The molecule has 2 aromatic heterocycles. The number of ether oxygens (including phenoxy) is 4. The Bertz CT molecular complexity index is 471. The van der Waals surface area contributed by atoms with Gasteiger partial charge < -0.3 is 33.1 Å². The summed E-state index contributed by atoms with van der Waals surface area (Å²) in [6.45, 7) is 0.134. The molecule has 2 aromatic rings. The van der Waals surface area contributed by atoms with Crippen molar-refractivity contribution in [1.29, 1.82) is 0 Å². The van der Waals surface area contributed by atoms with E-state index in [1.807, 2.05) is 0 Å². The molecule has 9 nitrogen and oxygen atoms in total. The lowest BCUT2D eigenvalue weighted by Gasteiger charge is -1.96. The molecular weight excluding hydrogens is 364 g/mol. The number of hydrogen-bond donors (Lipinski definition) is 1. The van der Waals surface area contributed by atoms with Crippen molar-refractivity contribution in [1.82, 2.24) is 10.3 Å². The number of aliphatic hydroxyl groups is 1. The Kier molecular flexibility index (Phi) is 9.23. The van der Waals surface area contributed by atoms with Gasteiger partial charge in [0.15, 0.2) is 25.1 Å². The van der Waals surface area contributed by atoms with Crippen molar-refractivity contribution in [2.75, 3.05) is 27.8 Å². The number of methoxy groups -OCH3 is 2. The molecule has 1 N–H and O–H groups in total. The number of hydrogen-bond acceptors (Lipinski definition) is 9. The van der Waals surface area contributed by atoms with Crippen molar-refractivity contribution in [2.45, 2.75) is 11.9 Å². The van der Waals surface area contributed by atoms with Gasteiger partial charge in [0.25, 0.3) is 11.8 Å². The fraction of sp³-hybridized carbons (Fsp3) is 0.500. The van der Waals surface area contributed by atoms with E-state index in [9.17, 15) is 0 Å². The first-order valence-corrected chi connectivity index (χ1v) is 7.17. The zero-order valence-electron chi connectivity index (χ0n) is 12.2. The highest BCUT2D eigenvalue weighted by Crippen LogP contribution is 2.13. The van der Waals surface area contributed by atoms with E-state index in [4.69, 9.17) is 19.1 Å². The van der Waals surface area contributed by atoms with Crippen molar-refractivity contribution in [3.8, 4) is 11.8 Å². The fourth-order valence-electron chi connectivity index (χ4n) is 1.10. The second-order valence-corrected chi connectivity index (χ2v) is 4.22. The zero-order valence-corrected chi connectivity index (χ0v) is 13.7. The van der Waals surface area contributed by atoms with Gasteiger partial charge in [-0.05, 0) is 10.3 Å². The average Bonchev–Trinajstić information content (AvgIpc) is 3.20. The van der Waals surface area contributed by atoms with Crippen molar-refractivity contribution < 1.29 is 33.1 Å². The third-order valence-electron chi connectivity index (χ3n) is 2.01. The number of alkyl halides is 1. The molecule has 2 heterocycles. The Morgan fingerprint density at radius 1 is 1.00 bits per heavy atom. The van der Waals surface area contributed by atoms with Crippen LogP contribution in [0.2, 0.25) is 0 Å². The van der Waals surface area contributed by atoms with Gasteiger partial charge in [-0.25, -0.2) is 0 Å². The molecule has 0 unspecified atom stereocenters. The lowest BCUT2D eigenvalue weighted by Crippen LogP contribution is -1.98. The topological polar surface area (TPSA) is 109 Å². The summed E-state index contributed by atoms with van der Waals surface area (Å²) in [5, 5.41) is 16.3. The van der Waals surface area contributed by atoms with Crippen LogP contribution < -0.4 is 9.47 Å². The van der Waals surface area contributed by atoms with Crippen molar-refractivity contribution in [3.63, 3.8) is 0 Å². The monoisotopic (exact) mass is 380 g/mol. The van der Waals surface area contributed by atoms with Crippen LogP contribution >= 0.6 is 15.9 Å². The van der Waals surface area contributed by atoms with E-state index in [0.29, 0.717) is 22.9 Å². The van der Waals surface area contributed by atoms with Crippen molar-refractivity contribution in [3.05, 3.63) is 23.7 Å². The summed E-state index contributed by atoms with van der Waals surface area (Å²) >= 11 is 3.22. The minimum Gasteiger partial charge on any atom is -0.448 e. The van der Waals surface area contributed by atoms with Crippen molar-refractivity contribution >= 4 is 15.9 Å². The molecule has 0 atom stereocenters. The molecule has 0 aliphatic rings. The third kappa shape index (κ3) is 6.89. The molecule has 22 heavy (non-hydrogen) atoms. The second kappa shape index (κ2) is 11.0. The molecule has 0 aliphatic carbocycles. The molecule has 124 valence electrons. The zero-order chi connectivity index (χ0) is 16.2.